The van der Waals surface area contributed by atoms with Crippen LogP contribution in [0, 0.1) is 19.8 Å². The largest absolute Gasteiger partial charge is 0.342 e. The zero-order chi connectivity index (χ0) is 32.2. The SMILES string of the molecule is CCCCN1C(=O)[C@H](CC(C)C)NC(=O)C12CCN(C(c1ccc(S(=O)(=O)NCCN(C)C)cc1)c1c(C)n[nH]c1C)CC2. The maximum Gasteiger partial charge on any atom is 0.246 e. The monoisotopic (exact) mass is 629 g/mol. The van der Waals surface area contributed by atoms with Crippen molar-refractivity contribution in [2.24, 2.45) is 5.92 Å². The molecule has 2 saturated heterocycles. The van der Waals surface area contributed by atoms with E-state index >= 15 is 0 Å². The van der Waals surface area contributed by atoms with Crippen molar-refractivity contribution in [3.05, 3.63) is 46.8 Å². The highest BCUT2D eigenvalue weighted by atomic mass is 32.2. The highest BCUT2D eigenvalue weighted by molar-refractivity contribution is 7.89. The number of likely N-dealkylation sites (N-methyl/N-ethyl adjacent to an activating group) is 1. The van der Waals surface area contributed by atoms with E-state index in [2.05, 4.69) is 45.9 Å². The van der Waals surface area contributed by atoms with Crippen molar-refractivity contribution < 1.29 is 18.0 Å². The minimum Gasteiger partial charge on any atom is -0.342 e. The fraction of sp³-hybridized carbons (Fsp3) is 0.656. The zero-order valence-electron chi connectivity index (χ0n) is 27.4. The number of benzene rings is 1. The molecule has 0 aliphatic carbocycles. The molecule has 4 rings (SSSR count). The number of sulfonamides is 1. The van der Waals surface area contributed by atoms with Gasteiger partial charge in [0, 0.05) is 44.0 Å². The molecule has 1 spiro atoms. The summed E-state index contributed by atoms with van der Waals surface area (Å²) in [5.41, 5.74) is 2.95. The predicted molar refractivity (Wildman–Crippen MR) is 172 cm³/mol. The van der Waals surface area contributed by atoms with Gasteiger partial charge in [-0.1, -0.05) is 39.3 Å². The van der Waals surface area contributed by atoms with Gasteiger partial charge in [-0.3, -0.25) is 19.6 Å². The first-order valence-corrected chi connectivity index (χ1v) is 17.4. The van der Waals surface area contributed by atoms with E-state index in [-0.39, 0.29) is 22.8 Å². The Kier molecular flexibility index (Phi) is 10.9. The molecule has 0 radical (unpaired) electrons. The molecule has 3 N–H and O–H groups in total. The Morgan fingerprint density at radius 1 is 1.11 bits per heavy atom. The van der Waals surface area contributed by atoms with E-state index in [1.54, 1.807) is 12.1 Å². The number of aromatic nitrogens is 2. The molecule has 3 heterocycles. The van der Waals surface area contributed by atoms with E-state index in [1.165, 1.54) is 0 Å². The number of rotatable bonds is 13. The number of aryl methyl sites for hydroxylation is 2. The Labute approximate surface area is 263 Å². The van der Waals surface area contributed by atoms with Crippen LogP contribution < -0.4 is 10.0 Å². The predicted octanol–water partition coefficient (Wildman–Crippen LogP) is 2.96. The Morgan fingerprint density at radius 2 is 1.77 bits per heavy atom. The molecule has 2 amide bonds. The van der Waals surface area contributed by atoms with E-state index in [4.69, 9.17) is 0 Å². The van der Waals surface area contributed by atoms with Crippen molar-refractivity contribution in [2.75, 3.05) is 46.8 Å². The third-order valence-corrected chi connectivity index (χ3v) is 10.5. The van der Waals surface area contributed by atoms with Crippen LogP contribution in [0.4, 0.5) is 0 Å². The first-order chi connectivity index (χ1) is 20.8. The number of carbonyl (C=O) groups excluding carboxylic acids is 2. The molecule has 2 fully saturated rings. The number of piperidine rings is 1. The zero-order valence-corrected chi connectivity index (χ0v) is 28.3. The maximum atomic E-state index is 13.8. The molecule has 2 aromatic rings. The average molecular weight is 630 g/mol. The third kappa shape index (κ3) is 7.19. The summed E-state index contributed by atoms with van der Waals surface area (Å²) in [6, 6.07) is 6.41. The Morgan fingerprint density at radius 3 is 2.32 bits per heavy atom. The van der Waals surface area contributed by atoms with Crippen molar-refractivity contribution in [3.63, 3.8) is 0 Å². The molecule has 1 aromatic heterocycles. The molecule has 1 aromatic carbocycles. The second-order valence-electron chi connectivity index (χ2n) is 13.1. The number of carbonyl (C=O) groups is 2. The summed E-state index contributed by atoms with van der Waals surface area (Å²) in [4.78, 5) is 33.9. The molecule has 1 unspecified atom stereocenters. The van der Waals surface area contributed by atoms with Crippen LogP contribution in [0.1, 0.15) is 81.4 Å². The summed E-state index contributed by atoms with van der Waals surface area (Å²) in [6.45, 7) is 12.9. The number of aromatic amines is 1. The van der Waals surface area contributed by atoms with Crippen molar-refractivity contribution >= 4 is 21.8 Å². The molecule has 11 nitrogen and oxygen atoms in total. The number of hydrogen-bond acceptors (Lipinski definition) is 7. The number of hydrogen-bond donors (Lipinski definition) is 3. The van der Waals surface area contributed by atoms with Crippen LogP contribution in [0.25, 0.3) is 0 Å². The minimum absolute atomic E-state index is 0.0364. The van der Waals surface area contributed by atoms with Gasteiger partial charge in [0.05, 0.1) is 16.6 Å². The average Bonchev–Trinajstić information content (AvgIpc) is 3.30. The maximum absolute atomic E-state index is 13.8. The molecule has 12 heteroatoms. The fourth-order valence-corrected chi connectivity index (χ4v) is 7.66. The number of nitrogens with one attached hydrogen (secondary N) is 3. The number of nitrogens with zero attached hydrogens (tertiary/aromatic N) is 4. The van der Waals surface area contributed by atoms with Gasteiger partial charge in [-0.15, -0.1) is 0 Å². The Hall–Kier alpha value is -2.80. The smallest absolute Gasteiger partial charge is 0.246 e. The molecular weight excluding hydrogens is 578 g/mol. The molecule has 2 atom stereocenters. The van der Waals surface area contributed by atoms with Gasteiger partial charge in [-0.05, 0) is 77.2 Å². The van der Waals surface area contributed by atoms with E-state index in [1.807, 2.05) is 49.9 Å². The van der Waals surface area contributed by atoms with Crippen LogP contribution in [0.3, 0.4) is 0 Å². The quantitative estimate of drug-likeness (QED) is 0.311. The first kappa shape index (κ1) is 34.1. The third-order valence-electron chi connectivity index (χ3n) is 9.06. The molecule has 0 bridgehead atoms. The van der Waals surface area contributed by atoms with E-state index < -0.39 is 21.6 Å². The summed E-state index contributed by atoms with van der Waals surface area (Å²) in [7, 11) is 0.158. The summed E-state index contributed by atoms with van der Waals surface area (Å²) in [5, 5.41) is 10.7. The second-order valence-corrected chi connectivity index (χ2v) is 14.9. The van der Waals surface area contributed by atoms with Crippen LogP contribution in [0.5, 0.6) is 0 Å². The van der Waals surface area contributed by atoms with Crippen molar-refractivity contribution in [3.8, 4) is 0 Å². The Balaban J connectivity index is 1.61. The van der Waals surface area contributed by atoms with Crippen LogP contribution in [0.2, 0.25) is 0 Å². The summed E-state index contributed by atoms with van der Waals surface area (Å²) < 4.78 is 28.5. The van der Waals surface area contributed by atoms with Crippen molar-refractivity contribution in [2.45, 2.75) is 89.2 Å². The van der Waals surface area contributed by atoms with Crippen LogP contribution >= 0.6 is 0 Å². The van der Waals surface area contributed by atoms with Gasteiger partial charge < -0.3 is 15.1 Å². The second kappa shape index (κ2) is 14.1. The Bertz CT molecular complexity index is 1380. The number of H-pyrrole nitrogens is 1. The number of piperazine rings is 1. The van der Waals surface area contributed by atoms with Gasteiger partial charge in [0.15, 0.2) is 0 Å². The van der Waals surface area contributed by atoms with E-state index in [9.17, 15) is 18.0 Å². The number of likely N-dealkylation sites (tertiary alicyclic amines) is 1. The summed E-state index contributed by atoms with van der Waals surface area (Å²) >= 11 is 0. The minimum atomic E-state index is -3.64. The lowest BCUT2D eigenvalue weighted by molar-refractivity contribution is -0.162. The van der Waals surface area contributed by atoms with E-state index in [0.29, 0.717) is 57.9 Å². The molecule has 2 aliphatic heterocycles. The normalized spacial score (nSPS) is 20.1. The first-order valence-electron chi connectivity index (χ1n) is 15.9. The van der Waals surface area contributed by atoms with E-state index in [0.717, 1.165) is 35.4 Å². The van der Waals surface area contributed by atoms with Gasteiger partial charge in [0.25, 0.3) is 0 Å². The van der Waals surface area contributed by atoms with Crippen molar-refractivity contribution in [1.82, 2.24) is 34.9 Å². The molecule has 2 aliphatic rings. The lowest BCUT2D eigenvalue weighted by atomic mass is 9.79. The fourth-order valence-electron chi connectivity index (χ4n) is 6.64. The topological polar surface area (TPSA) is 131 Å². The lowest BCUT2D eigenvalue weighted by Gasteiger charge is -2.52. The van der Waals surface area contributed by atoms with Gasteiger partial charge in [0.1, 0.15) is 11.6 Å². The highest BCUT2D eigenvalue weighted by Gasteiger charge is 2.54. The molecule has 244 valence electrons. The van der Waals surface area contributed by atoms with Gasteiger partial charge in [-0.25, -0.2) is 13.1 Å². The van der Waals surface area contributed by atoms with Gasteiger partial charge in [0.2, 0.25) is 21.8 Å². The van der Waals surface area contributed by atoms with Gasteiger partial charge >= 0.3 is 0 Å². The molecule has 44 heavy (non-hydrogen) atoms. The highest BCUT2D eigenvalue weighted by Crippen LogP contribution is 2.40. The summed E-state index contributed by atoms with van der Waals surface area (Å²) in [6.07, 6.45) is 3.48. The van der Waals surface area contributed by atoms with Crippen LogP contribution in [0.15, 0.2) is 29.2 Å². The lowest BCUT2D eigenvalue weighted by Crippen LogP contribution is -2.73. The summed E-state index contributed by atoms with van der Waals surface area (Å²) in [5.74, 6) is 0.293. The number of unbranched alkanes of at least 4 members (excludes halogenated alkanes) is 1. The molecular formula is C32H51N7O4S. The standard InChI is InChI=1S/C32H51N7O4S/c1-8-9-17-39-30(40)27(21-22(2)3)34-31(41)32(39)14-18-38(19-15-32)29(28-23(4)35-36-24(28)5)25-10-12-26(13-11-25)44(42,43)33-16-20-37(6)7/h10-13,22,27,29,33H,8-9,14-21H2,1-7H3,(H,34,41)(H,35,36)/t27-,29?/m0/s1. The van der Waals surface area contributed by atoms with Crippen molar-refractivity contribution in [1.29, 1.82) is 0 Å². The number of amides is 2. The van der Waals surface area contributed by atoms with Crippen LogP contribution in [-0.2, 0) is 19.6 Å². The van der Waals surface area contributed by atoms with Crippen LogP contribution in [-0.4, -0.2) is 104 Å². The molecule has 0 saturated carbocycles. The van der Waals surface area contributed by atoms with Gasteiger partial charge in [-0.2, -0.15) is 5.10 Å².